The van der Waals surface area contributed by atoms with Crippen LogP contribution in [-0.4, -0.2) is 56.6 Å². The third-order valence-corrected chi connectivity index (χ3v) is 13.0. The normalized spacial score (nSPS) is 27.3. The third-order valence-electron chi connectivity index (χ3n) is 10.2. The van der Waals surface area contributed by atoms with E-state index in [0.717, 1.165) is 28.4 Å². The molecule has 2 bridgehead atoms. The Morgan fingerprint density at radius 3 is 2.50 bits per heavy atom. The molecule has 10 nitrogen and oxygen atoms in total. The van der Waals surface area contributed by atoms with Crippen molar-refractivity contribution >= 4 is 64.1 Å². The van der Waals surface area contributed by atoms with Crippen LogP contribution in [0.4, 0.5) is 18.9 Å². The van der Waals surface area contributed by atoms with Gasteiger partial charge in [0.25, 0.3) is 5.91 Å². The van der Waals surface area contributed by atoms with Gasteiger partial charge < -0.3 is 20.1 Å². The number of nitrogens with zero attached hydrogens (tertiary/aromatic N) is 1. The number of rotatable bonds is 9. The molecule has 1 aromatic heterocycles. The molecule has 2 aliphatic carbocycles. The maximum atomic E-state index is 14.0. The molecule has 8 atom stereocenters. The number of likely N-dealkylation sites (tertiary alicyclic amines) is 1. The van der Waals surface area contributed by atoms with Gasteiger partial charge in [0, 0.05) is 32.3 Å². The molecule has 50 heavy (non-hydrogen) atoms. The van der Waals surface area contributed by atoms with Gasteiger partial charge in [0.05, 0.1) is 22.4 Å². The van der Waals surface area contributed by atoms with Gasteiger partial charge in [-0.15, -0.1) is 11.8 Å². The van der Waals surface area contributed by atoms with Crippen LogP contribution in [0, 0.1) is 35.5 Å². The molecular weight excluding hydrogens is 719 g/mol. The smallest absolute Gasteiger partial charge is 0.416 e. The van der Waals surface area contributed by atoms with Crippen LogP contribution in [0.5, 0.6) is 5.75 Å². The fourth-order valence-electron chi connectivity index (χ4n) is 8.47. The number of hydrogen-bond acceptors (Lipinski definition) is 8. The van der Waals surface area contributed by atoms with E-state index in [9.17, 15) is 42.3 Å². The Balaban J connectivity index is 1.20. The largest absolute Gasteiger partial charge is 0.483 e. The number of halogens is 4. The lowest BCUT2D eigenvalue weighted by Gasteiger charge is -2.43. The Kier molecular flexibility index (Phi) is 8.83. The minimum Gasteiger partial charge on any atom is -0.483 e. The number of ether oxygens (including phenoxy) is 1. The Morgan fingerprint density at radius 2 is 1.82 bits per heavy atom. The first-order valence-corrected chi connectivity index (χ1v) is 18.1. The summed E-state index contributed by atoms with van der Waals surface area (Å²) in [7, 11) is 0. The average molecular weight is 750 g/mol. The topological polar surface area (TPSA) is 146 Å². The summed E-state index contributed by atoms with van der Waals surface area (Å²) in [6.45, 7) is 3.11. The number of thiazole rings is 1. The van der Waals surface area contributed by atoms with Gasteiger partial charge in [-0.3, -0.25) is 24.1 Å². The lowest BCUT2D eigenvalue weighted by molar-refractivity contribution is -0.156. The minimum absolute atomic E-state index is 0.0569. The van der Waals surface area contributed by atoms with E-state index in [-0.39, 0.29) is 51.7 Å². The summed E-state index contributed by atoms with van der Waals surface area (Å²) in [5.74, 6) is -5.44. The van der Waals surface area contributed by atoms with E-state index in [1.54, 1.807) is 18.2 Å². The summed E-state index contributed by atoms with van der Waals surface area (Å²) in [5.41, 5.74) is -0.421. The van der Waals surface area contributed by atoms with Crippen LogP contribution in [0.1, 0.15) is 48.6 Å². The number of benzene rings is 2. The highest BCUT2D eigenvalue weighted by Gasteiger charge is 2.70. The maximum absolute atomic E-state index is 14.0. The number of carboxylic acid groups (broad SMARTS) is 1. The van der Waals surface area contributed by atoms with E-state index in [1.807, 2.05) is 13.8 Å². The van der Waals surface area contributed by atoms with Gasteiger partial charge in [0.15, 0.2) is 6.61 Å². The van der Waals surface area contributed by atoms with Crippen molar-refractivity contribution in [1.82, 2.24) is 9.88 Å². The first kappa shape index (κ1) is 34.6. The number of amides is 3. The number of thioether (sulfide) groups is 1. The number of carbonyl (C=O) groups excluding carboxylic acids is 3. The molecule has 3 N–H and O–H groups in total. The number of H-pyrrole nitrogens is 1. The summed E-state index contributed by atoms with van der Waals surface area (Å²) in [4.78, 5) is 70.1. The van der Waals surface area contributed by atoms with Gasteiger partial charge >= 0.3 is 17.0 Å². The number of carboxylic acids is 1. The molecule has 2 aliphatic heterocycles. The zero-order chi connectivity index (χ0) is 35.8. The second kappa shape index (κ2) is 12.7. The number of imide groups is 1. The average Bonchev–Trinajstić information content (AvgIpc) is 3.77. The number of aliphatic carboxylic acids is 1. The molecule has 7 unspecified atom stereocenters. The van der Waals surface area contributed by atoms with Gasteiger partial charge in [-0.25, -0.2) is 4.79 Å². The van der Waals surface area contributed by atoms with Crippen molar-refractivity contribution in [1.29, 1.82) is 0 Å². The van der Waals surface area contributed by atoms with E-state index in [1.165, 1.54) is 23.9 Å². The fourth-order valence-corrected chi connectivity index (χ4v) is 11.5. The molecule has 7 rings (SSSR count). The summed E-state index contributed by atoms with van der Waals surface area (Å²) in [6.07, 6.45) is -3.89. The van der Waals surface area contributed by atoms with Crippen LogP contribution in [-0.2, 0) is 25.4 Å². The molecule has 2 aromatic carbocycles. The zero-order valence-electron chi connectivity index (χ0n) is 26.5. The first-order valence-electron chi connectivity index (χ1n) is 16.0. The number of nitrogens with one attached hydrogen (secondary N) is 2. The van der Waals surface area contributed by atoms with E-state index in [0.29, 0.717) is 26.9 Å². The Labute approximate surface area is 296 Å². The van der Waals surface area contributed by atoms with Crippen molar-refractivity contribution in [2.45, 2.75) is 55.1 Å². The standard InChI is InChI=1S/C34H31ClF3N3O7S2/c1-13(2)8-20(32(45)46)41-30(43)25-18-11-19(26(25)31(41)44)27-24(18)23(28-29(49-27)40-33(47)50-28)17-10-15(35)6-7-21(17)48-12-22(42)39-16-5-3-4-14(9-16)34(36,37)38/h3-7,9-10,13,18-20,23-27H,8,11-12H2,1-2H3,(H,39,42)(H,40,47)(H,45,46)/t18?,19?,20?,23-,24?,25?,26?,27?/m1/s1. The Morgan fingerprint density at radius 1 is 1.10 bits per heavy atom. The van der Waals surface area contributed by atoms with Gasteiger partial charge in [0.1, 0.15) is 11.8 Å². The van der Waals surface area contributed by atoms with Crippen LogP contribution >= 0.6 is 34.7 Å². The number of alkyl halides is 3. The van der Waals surface area contributed by atoms with Gasteiger partial charge in [-0.2, -0.15) is 13.2 Å². The highest BCUT2D eigenvalue weighted by atomic mass is 35.5. The summed E-state index contributed by atoms with van der Waals surface area (Å²) < 4.78 is 45.6. The Hall–Kier alpha value is -3.82. The van der Waals surface area contributed by atoms with Crippen molar-refractivity contribution < 1.29 is 42.2 Å². The molecule has 3 amide bonds. The van der Waals surface area contributed by atoms with Crippen molar-refractivity contribution in [2.75, 3.05) is 11.9 Å². The van der Waals surface area contributed by atoms with Crippen LogP contribution in [0.2, 0.25) is 5.02 Å². The number of hydrogen-bond donors (Lipinski definition) is 3. The lowest BCUT2D eigenvalue weighted by atomic mass is 9.68. The Bertz CT molecular complexity index is 1970. The summed E-state index contributed by atoms with van der Waals surface area (Å²) in [5, 5.41) is 13.2. The van der Waals surface area contributed by atoms with Crippen molar-refractivity contribution in [3.8, 4) is 5.75 Å². The number of fused-ring (bicyclic) bond motifs is 9. The van der Waals surface area contributed by atoms with Crippen molar-refractivity contribution in [3.63, 3.8) is 0 Å². The van der Waals surface area contributed by atoms with Crippen LogP contribution < -0.4 is 14.9 Å². The number of anilines is 1. The molecule has 3 fully saturated rings. The van der Waals surface area contributed by atoms with E-state index in [4.69, 9.17) is 16.3 Å². The highest BCUT2D eigenvalue weighted by molar-refractivity contribution is 8.00. The van der Waals surface area contributed by atoms with E-state index in [2.05, 4.69) is 10.3 Å². The monoisotopic (exact) mass is 749 g/mol. The fraction of sp³-hybridized carbons (Fsp3) is 0.441. The van der Waals surface area contributed by atoms with Crippen LogP contribution in [0.25, 0.3) is 0 Å². The predicted octanol–water partition coefficient (Wildman–Crippen LogP) is 6.10. The van der Waals surface area contributed by atoms with Crippen molar-refractivity contribution in [2.24, 2.45) is 35.5 Å². The summed E-state index contributed by atoms with van der Waals surface area (Å²) in [6, 6.07) is 7.78. The molecular formula is C34H31ClF3N3O7S2. The molecule has 3 heterocycles. The molecule has 4 aliphatic rings. The second-order valence-corrected chi connectivity index (χ2v) is 16.2. The predicted molar refractivity (Wildman–Crippen MR) is 178 cm³/mol. The number of aromatic nitrogens is 1. The highest BCUT2D eigenvalue weighted by Crippen LogP contribution is 2.69. The lowest BCUT2D eigenvalue weighted by Crippen LogP contribution is -2.47. The van der Waals surface area contributed by atoms with Gasteiger partial charge in [0.2, 0.25) is 11.8 Å². The number of carbonyl (C=O) groups is 4. The maximum Gasteiger partial charge on any atom is 0.416 e. The second-order valence-electron chi connectivity index (χ2n) is 13.6. The van der Waals surface area contributed by atoms with Crippen molar-refractivity contribution in [3.05, 3.63) is 73.2 Å². The van der Waals surface area contributed by atoms with Crippen LogP contribution in [0.15, 0.2) is 52.3 Å². The quantitative estimate of drug-likeness (QED) is 0.223. The molecule has 16 heteroatoms. The minimum atomic E-state index is -4.59. The van der Waals surface area contributed by atoms with Crippen LogP contribution in [0.3, 0.4) is 0 Å². The molecule has 0 radical (unpaired) electrons. The van der Waals surface area contributed by atoms with E-state index < -0.39 is 65.8 Å². The zero-order valence-corrected chi connectivity index (χ0v) is 28.9. The molecule has 264 valence electrons. The molecule has 3 aromatic rings. The molecule has 2 saturated carbocycles. The van der Waals surface area contributed by atoms with E-state index >= 15 is 0 Å². The SMILES string of the molecule is CC(C)CC(C(=O)O)N1C(=O)C2C3CC(C2C1=O)C1C3Sc2[nH]c(=O)sc2[C@@H]1c1cc(Cl)ccc1OCC(=O)Nc1cccc(C(F)(F)F)c1. The number of aromatic amines is 1. The first-order chi connectivity index (χ1) is 23.6. The third kappa shape index (κ3) is 5.90. The molecule has 1 saturated heterocycles. The van der Waals surface area contributed by atoms with Gasteiger partial charge in [-0.1, -0.05) is 42.9 Å². The molecule has 0 spiro atoms. The van der Waals surface area contributed by atoms with Gasteiger partial charge in [-0.05, 0) is 72.9 Å². The summed E-state index contributed by atoms with van der Waals surface area (Å²) >= 11 is 8.98.